The summed E-state index contributed by atoms with van der Waals surface area (Å²) in [5.74, 6) is 1.57. The monoisotopic (exact) mass is 229 g/mol. The maximum absolute atomic E-state index is 10.5. The summed E-state index contributed by atoms with van der Waals surface area (Å²) >= 11 is 0. The molecule has 5 heteroatoms. The third-order valence-corrected chi connectivity index (χ3v) is 1.87. The highest BCUT2D eigenvalue weighted by Gasteiger charge is 2.07. The molecule has 0 aliphatic carbocycles. The predicted octanol–water partition coefficient (Wildman–Crippen LogP) is 0.0593. The number of terminal acetylenes is 1. The Morgan fingerprint density at radius 1 is 1.44 bits per heavy atom. The molecule has 0 aromatic heterocycles. The lowest BCUT2D eigenvalue weighted by molar-refractivity contribution is -0.138. The zero-order valence-corrected chi connectivity index (χ0v) is 9.65. The molecule has 0 bridgehead atoms. The number of aliphatic carboxylic acids is 1. The summed E-state index contributed by atoms with van der Waals surface area (Å²) in [6, 6.07) is 0. The first-order chi connectivity index (χ1) is 7.70. The van der Waals surface area contributed by atoms with E-state index in [0.717, 1.165) is 6.42 Å². The van der Waals surface area contributed by atoms with Crippen LogP contribution in [0.15, 0.2) is 0 Å². The van der Waals surface area contributed by atoms with Gasteiger partial charge in [-0.1, -0.05) is 5.92 Å². The van der Waals surface area contributed by atoms with Crippen LogP contribution in [0.3, 0.4) is 0 Å². The quantitative estimate of drug-likeness (QED) is 0.424. The van der Waals surface area contributed by atoms with Gasteiger partial charge in [-0.25, -0.2) is 0 Å². The second-order valence-electron chi connectivity index (χ2n) is 3.27. The van der Waals surface area contributed by atoms with Gasteiger partial charge in [0.15, 0.2) is 0 Å². The van der Waals surface area contributed by atoms with Crippen molar-refractivity contribution in [3.63, 3.8) is 0 Å². The summed E-state index contributed by atoms with van der Waals surface area (Å²) in [6.07, 6.45) is 5.91. The highest BCUT2D eigenvalue weighted by atomic mass is 16.5. The number of hydrogen-bond acceptors (Lipinski definition) is 4. The molecule has 5 nitrogen and oxygen atoms in total. The minimum absolute atomic E-state index is 0.0255. The Labute approximate surface area is 96.3 Å². The number of ether oxygens (including phenoxy) is 2. The molecule has 0 aromatic rings. The molecule has 0 radical (unpaired) electrons. The Bertz CT molecular complexity index is 225. The van der Waals surface area contributed by atoms with E-state index in [9.17, 15) is 4.79 Å². The van der Waals surface area contributed by atoms with Crippen LogP contribution in [0.1, 0.15) is 6.42 Å². The Morgan fingerprint density at radius 2 is 2.19 bits per heavy atom. The highest BCUT2D eigenvalue weighted by molar-refractivity contribution is 5.69. The van der Waals surface area contributed by atoms with E-state index < -0.39 is 5.97 Å². The molecule has 0 heterocycles. The Kier molecular flexibility index (Phi) is 9.72. The predicted molar refractivity (Wildman–Crippen MR) is 60.2 cm³/mol. The fraction of sp³-hybridized carbons (Fsp3) is 0.727. The largest absolute Gasteiger partial charge is 0.480 e. The molecule has 0 rings (SSSR count). The highest BCUT2D eigenvalue weighted by Crippen LogP contribution is 1.92. The number of hydrogen-bond donors (Lipinski definition) is 1. The van der Waals surface area contributed by atoms with Gasteiger partial charge in [-0.05, 0) is 6.42 Å². The summed E-state index contributed by atoms with van der Waals surface area (Å²) in [5, 5.41) is 8.63. The molecule has 0 amide bonds. The molecule has 0 fully saturated rings. The first kappa shape index (κ1) is 14.9. The second-order valence-corrected chi connectivity index (χ2v) is 3.27. The van der Waals surface area contributed by atoms with Gasteiger partial charge in [0.25, 0.3) is 0 Å². The van der Waals surface area contributed by atoms with E-state index in [4.69, 9.17) is 21.0 Å². The molecule has 0 unspecified atom stereocenters. The summed E-state index contributed by atoms with van der Waals surface area (Å²) in [6.45, 7) is 2.67. The van der Waals surface area contributed by atoms with Gasteiger partial charge >= 0.3 is 5.97 Å². The van der Waals surface area contributed by atoms with Gasteiger partial charge in [0.1, 0.15) is 0 Å². The Hall–Kier alpha value is -1.09. The molecule has 0 spiro atoms. The maximum Gasteiger partial charge on any atom is 0.317 e. The topological polar surface area (TPSA) is 59.0 Å². The molecule has 16 heavy (non-hydrogen) atoms. The molecule has 0 atom stereocenters. The van der Waals surface area contributed by atoms with E-state index in [1.54, 1.807) is 12.0 Å². The van der Waals surface area contributed by atoms with Crippen molar-refractivity contribution in [3.8, 4) is 12.3 Å². The van der Waals surface area contributed by atoms with Crippen LogP contribution in [-0.4, -0.2) is 62.5 Å². The number of methoxy groups -OCH3 is 1. The van der Waals surface area contributed by atoms with Crippen LogP contribution in [0.25, 0.3) is 0 Å². The minimum Gasteiger partial charge on any atom is -0.480 e. The lowest BCUT2D eigenvalue weighted by Gasteiger charge is -2.16. The first-order valence-electron chi connectivity index (χ1n) is 5.15. The van der Waals surface area contributed by atoms with Crippen LogP contribution in [0.2, 0.25) is 0 Å². The van der Waals surface area contributed by atoms with Crippen molar-refractivity contribution in [3.05, 3.63) is 0 Å². The molecule has 1 N–H and O–H groups in total. The van der Waals surface area contributed by atoms with E-state index in [1.807, 2.05) is 0 Å². The molecule has 92 valence electrons. The standard InChI is InChI=1S/C11H19NO4/c1-3-5-12(10-11(13)14)6-4-7-16-9-8-15-2/h1H,4-10H2,2H3,(H,13,14). The van der Waals surface area contributed by atoms with Crippen molar-refractivity contribution in [2.75, 3.05) is 46.6 Å². The summed E-state index contributed by atoms with van der Waals surface area (Å²) < 4.78 is 10.1. The van der Waals surface area contributed by atoms with E-state index in [1.165, 1.54) is 0 Å². The van der Waals surface area contributed by atoms with E-state index >= 15 is 0 Å². The normalized spacial score (nSPS) is 10.3. The second kappa shape index (κ2) is 10.4. The fourth-order valence-electron chi connectivity index (χ4n) is 1.17. The van der Waals surface area contributed by atoms with Crippen molar-refractivity contribution in [2.24, 2.45) is 0 Å². The molecule has 0 saturated carbocycles. The smallest absolute Gasteiger partial charge is 0.317 e. The van der Waals surface area contributed by atoms with Crippen LogP contribution in [0, 0.1) is 12.3 Å². The van der Waals surface area contributed by atoms with Gasteiger partial charge < -0.3 is 14.6 Å². The van der Waals surface area contributed by atoms with Gasteiger partial charge in [0, 0.05) is 20.3 Å². The summed E-state index contributed by atoms with van der Waals surface area (Å²) in [7, 11) is 1.62. The molecular weight excluding hydrogens is 210 g/mol. The third kappa shape index (κ3) is 9.46. The number of carboxylic acids is 1. The SMILES string of the molecule is C#CCN(CCCOCCOC)CC(=O)O. The first-order valence-corrected chi connectivity index (χ1v) is 5.15. The lowest BCUT2D eigenvalue weighted by Crippen LogP contribution is -2.31. The van der Waals surface area contributed by atoms with Crippen LogP contribution in [-0.2, 0) is 14.3 Å². The van der Waals surface area contributed by atoms with Gasteiger partial charge in [-0.15, -0.1) is 6.42 Å². The summed E-state index contributed by atoms with van der Waals surface area (Å²) in [4.78, 5) is 12.2. The van der Waals surface area contributed by atoms with E-state index in [-0.39, 0.29) is 6.54 Å². The maximum atomic E-state index is 10.5. The third-order valence-electron chi connectivity index (χ3n) is 1.87. The van der Waals surface area contributed by atoms with Crippen molar-refractivity contribution in [1.29, 1.82) is 0 Å². The average Bonchev–Trinajstić information content (AvgIpc) is 2.22. The van der Waals surface area contributed by atoms with Crippen molar-refractivity contribution in [1.82, 2.24) is 4.90 Å². The van der Waals surface area contributed by atoms with Crippen molar-refractivity contribution in [2.45, 2.75) is 6.42 Å². The van der Waals surface area contributed by atoms with Crippen LogP contribution in [0.4, 0.5) is 0 Å². The van der Waals surface area contributed by atoms with Gasteiger partial charge in [0.05, 0.1) is 26.3 Å². The van der Waals surface area contributed by atoms with Crippen LogP contribution >= 0.6 is 0 Å². The summed E-state index contributed by atoms with van der Waals surface area (Å²) in [5.41, 5.74) is 0. The zero-order chi connectivity index (χ0) is 12.2. The molecule has 0 saturated heterocycles. The van der Waals surface area contributed by atoms with E-state index in [0.29, 0.717) is 32.9 Å². The molecular formula is C11H19NO4. The molecule has 0 aromatic carbocycles. The average molecular weight is 229 g/mol. The van der Waals surface area contributed by atoms with Gasteiger partial charge in [0.2, 0.25) is 0 Å². The fourth-order valence-corrected chi connectivity index (χ4v) is 1.17. The molecule has 0 aliphatic rings. The minimum atomic E-state index is -0.865. The number of carbonyl (C=O) groups is 1. The van der Waals surface area contributed by atoms with Crippen molar-refractivity contribution < 1.29 is 19.4 Å². The lowest BCUT2D eigenvalue weighted by atomic mass is 10.3. The van der Waals surface area contributed by atoms with Crippen molar-refractivity contribution >= 4 is 5.97 Å². The zero-order valence-electron chi connectivity index (χ0n) is 9.65. The number of carboxylic acid groups (broad SMARTS) is 1. The van der Waals surface area contributed by atoms with Crippen LogP contribution in [0.5, 0.6) is 0 Å². The number of nitrogens with zero attached hydrogens (tertiary/aromatic N) is 1. The number of rotatable bonds is 10. The van der Waals surface area contributed by atoms with Crippen LogP contribution < -0.4 is 0 Å². The Morgan fingerprint density at radius 3 is 2.75 bits per heavy atom. The Balaban J connectivity index is 3.52. The molecule has 0 aliphatic heterocycles. The van der Waals surface area contributed by atoms with Gasteiger partial charge in [-0.3, -0.25) is 9.69 Å². The van der Waals surface area contributed by atoms with Gasteiger partial charge in [-0.2, -0.15) is 0 Å². The van der Waals surface area contributed by atoms with E-state index in [2.05, 4.69) is 5.92 Å².